The number of fused-ring (bicyclic) bond motifs is 1. The van der Waals surface area contributed by atoms with Gasteiger partial charge in [0.25, 0.3) is 0 Å². The number of aryl methyl sites for hydroxylation is 1. The van der Waals surface area contributed by atoms with Gasteiger partial charge in [0.2, 0.25) is 0 Å². The molecule has 149 valence electrons. The Morgan fingerprint density at radius 3 is 2.86 bits per heavy atom. The molecule has 1 N–H and O–H groups in total. The van der Waals surface area contributed by atoms with Crippen molar-refractivity contribution in [3.05, 3.63) is 47.3 Å². The van der Waals surface area contributed by atoms with Crippen LogP contribution < -0.4 is 4.74 Å². The number of nitrogens with one attached hydrogen (secondary N) is 1. The van der Waals surface area contributed by atoms with Gasteiger partial charge in [0.1, 0.15) is 18.5 Å². The zero-order chi connectivity index (χ0) is 19.5. The summed E-state index contributed by atoms with van der Waals surface area (Å²) in [4.78, 5) is 12.0. The van der Waals surface area contributed by atoms with Crippen LogP contribution in [0.3, 0.4) is 0 Å². The van der Waals surface area contributed by atoms with Gasteiger partial charge in [-0.25, -0.2) is 0 Å². The SMILES string of the molecule is Cc1cnc(C[S+]([O-])c2nc3ccccc3[nH]2)c(C)c1OCC1COCCO1.[Na]. The Morgan fingerprint density at radius 1 is 1.28 bits per heavy atom. The first-order chi connectivity index (χ1) is 13.6. The van der Waals surface area contributed by atoms with Crippen LogP contribution in [0.1, 0.15) is 16.8 Å². The number of nitrogens with zero attached hydrogens (tertiary/aromatic N) is 2. The molecule has 2 aromatic heterocycles. The van der Waals surface area contributed by atoms with E-state index in [1.807, 2.05) is 38.1 Å². The predicted molar refractivity (Wildman–Crippen MR) is 112 cm³/mol. The average molecular weight is 424 g/mol. The smallest absolute Gasteiger partial charge is 0.322 e. The van der Waals surface area contributed by atoms with Gasteiger partial charge >= 0.3 is 5.16 Å². The average Bonchev–Trinajstić information content (AvgIpc) is 3.15. The molecular formula is C20H23N3NaO4S. The maximum atomic E-state index is 12.8. The van der Waals surface area contributed by atoms with Gasteiger partial charge in [-0.3, -0.25) is 9.97 Å². The number of para-hydroxylation sites is 2. The Labute approximate surface area is 195 Å². The molecule has 1 aliphatic heterocycles. The van der Waals surface area contributed by atoms with E-state index in [0.29, 0.717) is 31.6 Å². The quantitative estimate of drug-likeness (QED) is 0.482. The maximum Gasteiger partial charge on any atom is 0.322 e. The Balaban J connectivity index is 0.00000240. The molecule has 3 aromatic rings. The minimum absolute atomic E-state index is 0. The van der Waals surface area contributed by atoms with Crippen LogP contribution in [0.25, 0.3) is 11.0 Å². The fourth-order valence-corrected chi connectivity index (χ4v) is 4.26. The minimum atomic E-state index is -1.33. The number of aromatic amines is 1. The Morgan fingerprint density at radius 2 is 2.10 bits per heavy atom. The van der Waals surface area contributed by atoms with Crippen LogP contribution in [0.5, 0.6) is 5.75 Å². The summed E-state index contributed by atoms with van der Waals surface area (Å²) in [7, 11) is 0. The summed E-state index contributed by atoms with van der Waals surface area (Å²) in [6.45, 7) is 6.06. The molecule has 7 nitrogen and oxygen atoms in total. The second-order valence-electron chi connectivity index (χ2n) is 6.77. The fraction of sp³-hybridized carbons (Fsp3) is 0.400. The van der Waals surface area contributed by atoms with Crippen molar-refractivity contribution in [2.24, 2.45) is 0 Å². The molecule has 29 heavy (non-hydrogen) atoms. The number of benzene rings is 1. The van der Waals surface area contributed by atoms with Crippen molar-refractivity contribution in [1.82, 2.24) is 15.0 Å². The third kappa shape index (κ3) is 5.32. The van der Waals surface area contributed by atoms with Gasteiger partial charge in [-0.05, 0) is 26.0 Å². The Kier molecular flexibility index (Phi) is 7.98. The number of ether oxygens (including phenoxy) is 3. The van der Waals surface area contributed by atoms with Crippen molar-refractivity contribution in [2.75, 3.05) is 26.4 Å². The first-order valence-electron chi connectivity index (χ1n) is 9.22. The normalized spacial score (nSPS) is 17.7. The van der Waals surface area contributed by atoms with Gasteiger partial charge in [0, 0.05) is 58.1 Å². The van der Waals surface area contributed by atoms with Gasteiger partial charge in [0.15, 0.2) is 5.75 Å². The molecule has 1 aromatic carbocycles. The first kappa shape index (κ1) is 22.6. The van der Waals surface area contributed by atoms with E-state index in [9.17, 15) is 4.55 Å². The molecule has 3 heterocycles. The number of aromatic nitrogens is 3. The molecule has 1 aliphatic rings. The van der Waals surface area contributed by atoms with Gasteiger partial charge in [-0.1, -0.05) is 12.1 Å². The van der Waals surface area contributed by atoms with E-state index in [1.54, 1.807) is 6.20 Å². The molecule has 0 saturated carbocycles. The number of H-pyrrole nitrogens is 1. The second-order valence-corrected chi connectivity index (χ2v) is 8.14. The summed E-state index contributed by atoms with van der Waals surface area (Å²) in [6.07, 6.45) is 1.68. The number of hydrogen-bond donors (Lipinski definition) is 1. The van der Waals surface area contributed by atoms with Crippen molar-refractivity contribution in [2.45, 2.75) is 30.9 Å². The third-order valence-electron chi connectivity index (χ3n) is 4.70. The zero-order valence-electron chi connectivity index (χ0n) is 16.9. The van der Waals surface area contributed by atoms with Crippen LogP contribution >= 0.6 is 0 Å². The first-order valence-corrected chi connectivity index (χ1v) is 10.5. The number of imidazole rings is 1. The topological polar surface area (TPSA) is 92.3 Å². The summed E-state index contributed by atoms with van der Waals surface area (Å²) in [6, 6.07) is 7.64. The van der Waals surface area contributed by atoms with Gasteiger partial charge in [0.05, 0.1) is 36.5 Å². The number of rotatable bonds is 6. The van der Waals surface area contributed by atoms with E-state index in [0.717, 1.165) is 33.6 Å². The second kappa shape index (κ2) is 10.3. The summed E-state index contributed by atoms with van der Waals surface area (Å²) in [5.74, 6) is 1.03. The molecule has 9 heteroatoms. The van der Waals surface area contributed by atoms with E-state index in [1.165, 1.54) is 0 Å². The molecule has 1 fully saturated rings. The summed E-state index contributed by atoms with van der Waals surface area (Å²) < 4.78 is 29.9. The zero-order valence-corrected chi connectivity index (χ0v) is 19.8. The van der Waals surface area contributed by atoms with Crippen molar-refractivity contribution in [3.8, 4) is 5.75 Å². The molecule has 2 unspecified atom stereocenters. The van der Waals surface area contributed by atoms with Crippen molar-refractivity contribution in [3.63, 3.8) is 0 Å². The van der Waals surface area contributed by atoms with Crippen LogP contribution in [0.15, 0.2) is 35.6 Å². The van der Waals surface area contributed by atoms with E-state index in [4.69, 9.17) is 14.2 Å². The van der Waals surface area contributed by atoms with Crippen LogP contribution in [0.4, 0.5) is 0 Å². The molecule has 0 amide bonds. The van der Waals surface area contributed by atoms with Crippen LogP contribution in [-0.2, 0) is 26.4 Å². The maximum absolute atomic E-state index is 12.8. The molecule has 2 atom stereocenters. The van der Waals surface area contributed by atoms with E-state index >= 15 is 0 Å². The van der Waals surface area contributed by atoms with E-state index in [-0.39, 0.29) is 41.4 Å². The molecule has 0 spiro atoms. The van der Waals surface area contributed by atoms with Crippen LogP contribution in [0, 0.1) is 13.8 Å². The Hall–Kier alpha value is -1.13. The molecule has 1 saturated heterocycles. The molecule has 4 rings (SSSR count). The molecular weight excluding hydrogens is 401 g/mol. The third-order valence-corrected chi connectivity index (χ3v) is 5.86. The monoisotopic (exact) mass is 424 g/mol. The van der Waals surface area contributed by atoms with Crippen molar-refractivity contribution in [1.29, 1.82) is 0 Å². The fourth-order valence-electron chi connectivity index (χ4n) is 3.16. The molecule has 0 bridgehead atoms. The van der Waals surface area contributed by atoms with E-state index < -0.39 is 11.2 Å². The number of pyridine rings is 1. The summed E-state index contributed by atoms with van der Waals surface area (Å²) in [5.41, 5.74) is 4.24. The minimum Gasteiger partial charge on any atom is -0.609 e. The van der Waals surface area contributed by atoms with Gasteiger partial charge < -0.3 is 18.8 Å². The molecule has 0 aliphatic carbocycles. The van der Waals surface area contributed by atoms with Crippen molar-refractivity contribution < 1.29 is 18.8 Å². The number of hydrogen-bond acceptors (Lipinski definition) is 6. The summed E-state index contributed by atoms with van der Waals surface area (Å²) >= 11 is -1.33. The largest absolute Gasteiger partial charge is 0.609 e. The van der Waals surface area contributed by atoms with Crippen molar-refractivity contribution >= 4 is 51.8 Å². The Bertz CT molecular complexity index is 929. The standard InChI is InChI=1S/C20H23N3O4S.Na/c1-13-9-21-18(14(2)19(13)27-11-15-10-25-7-8-26-15)12-28(24)20-22-16-5-3-4-6-17(16)23-20;/h3-6,9,15H,7-8,10-12H2,1-2H3,(H,22,23);. The summed E-state index contributed by atoms with van der Waals surface area (Å²) in [5, 5.41) is 0.457. The van der Waals surface area contributed by atoms with Crippen LogP contribution in [0.2, 0.25) is 0 Å². The van der Waals surface area contributed by atoms with E-state index in [2.05, 4.69) is 15.0 Å². The van der Waals surface area contributed by atoms with Crippen LogP contribution in [-0.4, -0.2) is 81.6 Å². The van der Waals surface area contributed by atoms with Gasteiger partial charge in [-0.2, -0.15) is 4.98 Å². The van der Waals surface area contributed by atoms with Gasteiger partial charge in [-0.15, -0.1) is 0 Å². The predicted octanol–water partition coefficient (Wildman–Crippen LogP) is 2.30. The molecule has 1 radical (unpaired) electrons.